The van der Waals surface area contributed by atoms with E-state index in [2.05, 4.69) is 5.32 Å². The maximum absolute atomic E-state index is 12.0. The van der Waals surface area contributed by atoms with Crippen LogP contribution < -0.4 is 11.1 Å². The third-order valence-corrected chi connectivity index (χ3v) is 3.45. The van der Waals surface area contributed by atoms with Gasteiger partial charge in [0, 0.05) is 16.3 Å². The van der Waals surface area contributed by atoms with Crippen molar-refractivity contribution in [1.29, 1.82) is 0 Å². The van der Waals surface area contributed by atoms with Crippen molar-refractivity contribution in [2.75, 3.05) is 11.1 Å². The Kier molecular flexibility index (Phi) is 4.20. The molecule has 0 aliphatic carbocycles. The number of nitrogen functional groups attached to an aromatic ring is 1. The lowest BCUT2D eigenvalue weighted by molar-refractivity contribution is 0.102. The Balaban J connectivity index is 2.25. The lowest BCUT2D eigenvalue weighted by atomic mass is 10.2. The highest BCUT2D eigenvalue weighted by Gasteiger charge is 2.11. The molecule has 0 atom stereocenters. The number of rotatable bonds is 2. The molecule has 0 saturated heterocycles. The van der Waals surface area contributed by atoms with Crippen LogP contribution in [0.3, 0.4) is 0 Å². The third kappa shape index (κ3) is 3.32. The Morgan fingerprint density at radius 2 is 1.84 bits per heavy atom. The zero-order valence-electron chi connectivity index (χ0n) is 9.58. The second-order valence-electron chi connectivity index (χ2n) is 3.83. The van der Waals surface area contributed by atoms with Gasteiger partial charge in [-0.1, -0.05) is 40.9 Å². The molecule has 0 radical (unpaired) electrons. The van der Waals surface area contributed by atoms with E-state index in [1.165, 1.54) is 12.1 Å². The molecule has 3 N–H and O–H groups in total. The highest BCUT2D eigenvalue weighted by Crippen LogP contribution is 2.29. The number of nitrogens with one attached hydrogen (secondary N) is 1. The summed E-state index contributed by atoms with van der Waals surface area (Å²) in [6.07, 6.45) is 0. The van der Waals surface area contributed by atoms with Crippen LogP contribution in [0.4, 0.5) is 11.4 Å². The van der Waals surface area contributed by atoms with Crippen LogP contribution in [0.15, 0.2) is 36.4 Å². The Hall–Kier alpha value is -1.42. The summed E-state index contributed by atoms with van der Waals surface area (Å²) in [6, 6.07) is 9.74. The van der Waals surface area contributed by atoms with Crippen LogP contribution in [0.25, 0.3) is 0 Å². The van der Waals surface area contributed by atoms with Gasteiger partial charge < -0.3 is 11.1 Å². The monoisotopic (exact) mass is 314 g/mol. The molecule has 1 amide bonds. The van der Waals surface area contributed by atoms with Crippen molar-refractivity contribution in [3.8, 4) is 0 Å². The van der Waals surface area contributed by atoms with E-state index in [-0.39, 0.29) is 21.6 Å². The van der Waals surface area contributed by atoms with Crippen molar-refractivity contribution in [1.82, 2.24) is 0 Å². The predicted octanol–water partition coefficient (Wildman–Crippen LogP) is 4.48. The number of benzene rings is 2. The summed E-state index contributed by atoms with van der Waals surface area (Å²) in [5.74, 6) is -0.340. The summed E-state index contributed by atoms with van der Waals surface area (Å²) in [7, 11) is 0. The fourth-order valence-electron chi connectivity index (χ4n) is 1.51. The molecule has 0 heterocycles. The Bertz CT molecular complexity index is 621. The van der Waals surface area contributed by atoms with E-state index in [9.17, 15) is 4.79 Å². The molecule has 0 fully saturated rings. The van der Waals surface area contributed by atoms with Gasteiger partial charge in [0.05, 0.1) is 15.7 Å². The first-order valence-electron chi connectivity index (χ1n) is 5.29. The zero-order valence-corrected chi connectivity index (χ0v) is 11.9. The first-order valence-corrected chi connectivity index (χ1v) is 6.42. The second kappa shape index (κ2) is 5.70. The first kappa shape index (κ1) is 14.0. The number of halogens is 3. The Labute approximate surface area is 125 Å². The maximum atomic E-state index is 12.0. The van der Waals surface area contributed by atoms with Gasteiger partial charge in [0.25, 0.3) is 5.91 Å². The van der Waals surface area contributed by atoms with E-state index >= 15 is 0 Å². The molecule has 6 heteroatoms. The highest BCUT2D eigenvalue weighted by molar-refractivity contribution is 6.44. The maximum Gasteiger partial charge on any atom is 0.255 e. The van der Waals surface area contributed by atoms with Crippen molar-refractivity contribution in [2.45, 2.75) is 0 Å². The average Bonchev–Trinajstić information content (AvgIpc) is 2.35. The van der Waals surface area contributed by atoms with Crippen LogP contribution in [-0.2, 0) is 0 Å². The van der Waals surface area contributed by atoms with Gasteiger partial charge in [0.1, 0.15) is 0 Å². The van der Waals surface area contributed by atoms with Crippen LogP contribution in [-0.4, -0.2) is 5.91 Å². The molecule has 0 bridgehead atoms. The molecule has 0 aliphatic heterocycles. The topological polar surface area (TPSA) is 55.1 Å². The Morgan fingerprint density at radius 1 is 1.11 bits per heavy atom. The third-order valence-electron chi connectivity index (χ3n) is 2.40. The number of hydrogen-bond acceptors (Lipinski definition) is 2. The van der Waals surface area contributed by atoms with Crippen LogP contribution in [0.5, 0.6) is 0 Å². The molecule has 2 aromatic carbocycles. The minimum atomic E-state index is -0.340. The molecule has 2 rings (SSSR count). The molecular formula is C13H9Cl3N2O. The van der Waals surface area contributed by atoms with Crippen LogP contribution in [0.2, 0.25) is 15.1 Å². The summed E-state index contributed by atoms with van der Waals surface area (Å²) >= 11 is 17.5. The lowest BCUT2D eigenvalue weighted by Gasteiger charge is -2.08. The quantitative estimate of drug-likeness (QED) is 0.803. The molecular weight excluding hydrogens is 307 g/mol. The molecule has 98 valence electrons. The summed E-state index contributed by atoms with van der Waals surface area (Å²) in [6.45, 7) is 0. The minimum Gasteiger partial charge on any atom is -0.397 e. The average molecular weight is 316 g/mol. The van der Waals surface area contributed by atoms with Gasteiger partial charge in [0.15, 0.2) is 0 Å². The highest BCUT2D eigenvalue weighted by atomic mass is 35.5. The summed E-state index contributed by atoms with van der Waals surface area (Å²) in [5.41, 5.74) is 6.83. The molecule has 0 unspecified atom stereocenters. The number of anilines is 2. The van der Waals surface area contributed by atoms with Gasteiger partial charge in [-0.15, -0.1) is 0 Å². The lowest BCUT2D eigenvalue weighted by Crippen LogP contribution is -2.12. The second-order valence-corrected chi connectivity index (χ2v) is 5.05. The van der Waals surface area contributed by atoms with Crippen LogP contribution >= 0.6 is 34.8 Å². The SMILES string of the molecule is Nc1cc(C(=O)Nc2cccc(Cl)c2)cc(Cl)c1Cl. The van der Waals surface area contributed by atoms with E-state index in [4.69, 9.17) is 40.5 Å². The van der Waals surface area contributed by atoms with Gasteiger partial charge in [0.2, 0.25) is 0 Å². The van der Waals surface area contributed by atoms with E-state index in [1.54, 1.807) is 24.3 Å². The summed E-state index contributed by atoms with van der Waals surface area (Å²) in [5, 5.41) is 3.70. The predicted molar refractivity (Wildman–Crippen MR) is 80.3 cm³/mol. The fraction of sp³-hybridized carbons (Fsp3) is 0. The van der Waals surface area contributed by atoms with Gasteiger partial charge in [-0.3, -0.25) is 4.79 Å². The summed E-state index contributed by atoms with van der Waals surface area (Å²) < 4.78 is 0. The molecule has 2 aromatic rings. The van der Waals surface area contributed by atoms with E-state index < -0.39 is 0 Å². The van der Waals surface area contributed by atoms with Crippen LogP contribution in [0, 0.1) is 0 Å². The molecule has 0 aromatic heterocycles. The van der Waals surface area contributed by atoms with Gasteiger partial charge in [-0.05, 0) is 30.3 Å². The number of hydrogen-bond donors (Lipinski definition) is 2. The normalized spacial score (nSPS) is 10.3. The van der Waals surface area contributed by atoms with Gasteiger partial charge in [-0.2, -0.15) is 0 Å². The Morgan fingerprint density at radius 3 is 2.47 bits per heavy atom. The molecule has 3 nitrogen and oxygen atoms in total. The molecule has 0 saturated carbocycles. The van der Waals surface area contributed by atoms with Crippen LogP contribution in [0.1, 0.15) is 10.4 Å². The van der Waals surface area contributed by atoms with Crippen molar-refractivity contribution in [2.24, 2.45) is 0 Å². The first-order chi connectivity index (χ1) is 8.97. The van der Waals surface area contributed by atoms with Gasteiger partial charge >= 0.3 is 0 Å². The number of amides is 1. The largest absolute Gasteiger partial charge is 0.397 e. The number of carbonyl (C=O) groups excluding carboxylic acids is 1. The molecule has 0 spiro atoms. The van der Waals surface area contributed by atoms with Crippen molar-refractivity contribution in [3.05, 3.63) is 57.0 Å². The minimum absolute atomic E-state index is 0.234. The standard InChI is InChI=1S/C13H9Cl3N2O/c14-8-2-1-3-9(6-8)18-13(19)7-4-10(15)12(16)11(17)5-7/h1-6H,17H2,(H,18,19). The number of carbonyl (C=O) groups is 1. The zero-order chi connectivity index (χ0) is 14.0. The summed E-state index contributed by atoms with van der Waals surface area (Å²) in [4.78, 5) is 12.0. The van der Waals surface area contributed by atoms with E-state index in [0.29, 0.717) is 16.3 Å². The van der Waals surface area contributed by atoms with Gasteiger partial charge in [-0.25, -0.2) is 0 Å². The van der Waals surface area contributed by atoms with Crippen molar-refractivity contribution >= 4 is 52.1 Å². The smallest absolute Gasteiger partial charge is 0.255 e. The van der Waals surface area contributed by atoms with Crippen molar-refractivity contribution in [3.63, 3.8) is 0 Å². The fourth-order valence-corrected chi connectivity index (χ4v) is 2.04. The van der Waals surface area contributed by atoms with E-state index in [0.717, 1.165) is 0 Å². The van der Waals surface area contributed by atoms with Crippen molar-refractivity contribution < 1.29 is 4.79 Å². The molecule has 19 heavy (non-hydrogen) atoms. The number of nitrogens with two attached hydrogens (primary N) is 1. The van der Waals surface area contributed by atoms with E-state index in [1.807, 2.05) is 0 Å². The molecule has 0 aliphatic rings.